The van der Waals surface area contributed by atoms with E-state index >= 15 is 0 Å². The molecular formula is C18H20N2O5. The molecule has 132 valence electrons. The van der Waals surface area contributed by atoms with Gasteiger partial charge in [-0.1, -0.05) is 19.1 Å². The number of hydrogen-bond donors (Lipinski definition) is 4. The molecule has 0 aliphatic rings. The molecule has 0 heterocycles. The van der Waals surface area contributed by atoms with Crippen molar-refractivity contribution in [3.63, 3.8) is 0 Å². The van der Waals surface area contributed by atoms with Gasteiger partial charge in [-0.2, -0.15) is 0 Å². The Labute approximate surface area is 145 Å². The van der Waals surface area contributed by atoms with Crippen molar-refractivity contribution in [3.05, 3.63) is 53.6 Å². The van der Waals surface area contributed by atoms with Gasteiger partial charge in [0.15, 0.2) is 0 Å². The van der Waals surface area contributed by atoms with Crippen molar-refractivity contribution in [1.82, 2.24) is 5.32 Å². The third-order valence-electron chi connectivity index (χ3n) is 3.62. The molecule has 0 fully saturated rings. The number of nitrogen functional groups attached to an aromatic ring is 1. The number of ether oxygens (including phenoxy) is 1. The fraction of sp³-hybridized carbons (Fsp3) is 0.222. The number of carbonyl (C=O) groups excluding carboxylic acids is 1. The van der Waals surface area contributed by atoms with Crippen molar-refractivity contribution >= 4 is 17.6 Å². The molecule has 0 radical (unpaired) electrons. The maximum Gasteiger partial charge on any atom is 0.326 e. The number of hydrogen-bond acceptors (Lipinski definition) is 5. The van der Waals surface area contributed by atoms with E-state index < -0.39 is 17.9 Å². The van der Waals surface area contributed by atoms with Crippen LogP contribution in [0.1, 0.15) is 29.3 Å². The van der Waals surface area contributed by atoms with E-state index in [1.165, 1.54) is 18.2 Å². The summed E-state index contributed by atoms with van der Waals surface area (Å²) in [5, 5.41) is 20.7. The minimum absolute atomic E-state index is 0.158. The van der Waals surface area contributed by atoms with Gasteiger partial charge in [-0.15, -0.1) is 0 Å². The number of benzene rings is 2. The average molecular weight is 344 g/mol. The van der Waals surface area contributed by atoms with E-state index in [2.05, 4.69) is 5.32 Å². The molecule has 5 N–H and O–H groups in total. The van der Waals surface area contributed by atoms with Gasteiger partial charge in [-0.3, -0.25) is 4.79 Å². The highest BCUT2D eigenvalue weighted by atomic mass is 16.5. The highest BCUT2D eigenvalue weighted by Gasteiger charge is 2.19. The Morgan fingerprint density at radius 3 is 2.48 bits per heavy atom. The van der Waals surface area contributed by atoms with Crippen LogP contribution in [0.15, 0.2) is 42.5 Å². The number of phenolic OH excluding ortho intramolecular Hbond substituents is 1. The van der Waals surface area contributed by atoms with Crippen LogP contribution in [-0.2, 0) is 11.4 Å². The number of amides is 1. The lowest BCUT2D eigenvalue weighted by atomic mass is 10.1. The Hall–Kier alpha value is -3.22. The third kappa shape index (κ3) is 4.87. The Morgan fingerprint density at radius 1 is 1.20 bits per heavy atom. The monoisotopic (exact) mass is 344 g/mol. The molecule has 0 saturated carbocycles. The van der Waals surface area contributed by atoms with Crippen LogP contribution in [0, 0.1) is 0 Å². The van der Waals surface area contributed by atoms with Crippen LogP contribution >= 0.6 is 0 Å². The van der Waals surface area contributed by atoms with Crippen LogP contribution < -0.4 is 15.8 Å². The second-order valence-electron chi connectivity index (χ2n) is 5.48. The molecule has 0 spiro atoms. The maximum absolute atomic E-state index is 12.2. The molecule has 2 aromatic rings. The third-order valence-corrected chi connectivity index (χ3v) is 3.62. The highest BCUT2D eigenvalue weighted by Crippen LogP contribution is 2.24. The van der Waals surface area contributed by atoms with Crippen molar-refractivity contribution in [2.45, 2.75) is 26.0 Å². The molecule has 0 aromatic heterocycles. The second kappa shape index (κ2) is 8.05. The van der Waals surface area contributed by atoms with Gasteiger partial charge in [0, 0.05) is 5.56 Å². The van der Waals surface area contributed by atoms with Crippen molar-refractivity contribution < 1.29 is 24.5 Å². The first-order chi connectivity index (χ1) is 11.9. The normalized spacial score (nSPS) is 11.6. The average Bonchev–Trinajstić information content (AvgIpc) is 2.59. The van der Waals surface area contributed by atoms with E-state index in [1.54, 1.807) is 31.2 Å². The van der Waals surface area contributed by atoms with Crippen LogP contribution in [0.25, 0.3) is 0 Å². The van der Waals surface area contributed by atoms with E-state index in [0.29, 0.717) is 11.4 Å². The number of nitrogens with two attached hydrogens (primary N) is 1. The molecule has 25 heavy (non-hydrogen) atoms. The summed E-state index contributed by atoms with van der Waals surface area (Å²) < 4.78 is 5.63. The summed E-state index contributed by atoms with van der Waals surface area (Å²) in [7, 11) is 0. The number of carboxylic acids is 1. The van der Waals surface area contributed by atoms with E-state index in [4.69, 9.17) is 15.6 Å². The zero-order valence-corrected chi connectivity index (χ0v) is 13.7. The number of aliphatic carboxylic acids is 1. The van der Waals surface area contributed by atoms with E-state index in [0.717, 1.165) is 5.56 Å². The topological polar surface area (TPSA) is 122 Å². The first-order valence-electron chi connectivity index (χ1n) is 7.74. The van der Waals surface area contributed by atoms with Crippen LogP contribution in [0.5, 0.6) is 11.5 Å². The number of carboxylic acid groups (broad SMARTS) is 1. The predicted molar refractivity (Wildman–Crippen MR) is 92.5 cm³/mol. The molecule has 0 aliphatic heterocycles. The summed E-state index contributed by atoms with van der Waals surface area (Å²) in [5.41, 5.74) is 7.31. The van der Waals surface area contributed by atoms with E-state index in [9.17, 15) is 14.7 Å². The van der Waals surface area contributed by atoms with Crippen LogP contribution in [0.2, 0.25) is 0 Å². The van der Waals surface area contributed by atoms with Gasteiger partial charge in [0.1, 0.15) is 24.1 Å². The van der Waals surface area contributed by atoms with Gasteiger partial charge < -0.3 is 26.0 Å². The van der Waals surface area contributed by atoms with Gasteiger partial charge in [-0.25, -0.2) is 4.79 Å². The summed E-state index contributed by atoms with van der Waals surface area (Å²) in [6.07, 6.45) is 0.278. The number of phenols is 1. The van der Waals surface area contributed by atoms with Crippen molar-refractivity contribution in [1.29, 1.82) is 0 Å². The van der Waals surface area contributed by atoms with Crippen molar-refractivity contribution in [2.75, 3.05) is 5.73 Å². The highest BCUT2D eigenvalue weighted by molar-refractivity contribution is 5.97. The van der Waals surface area contributed by atoms with E-state index in [-0.39, 0.29) is 24.3 Å². The standard InChI is InChI=1S/C18H20N2O5/c1-2-15(18(23)24)20-17(22)12-5-8-14(19)16(9-12)25-10-11-3-6-13(21)7-4-11/h3-9,15,21H,2,10,19H2,1H3,(H,20,22)(H,23,24)/t15-/m0/s1. The molecule has 1 amide bonds. The maximum atomic E-state index is 12.2. The molecule has 0 bridgehead atoms. The zero-order chi connectivity index (χ0) is 18.4. The molecule has 7 nitrogen and oxygen atoms in total. The number of aromatic hydroxyl groups is 1. The number of anilines is 1. The van der Waals surface area contributed by atoms with Gasteiger partial charge in [-0.05, 0) is 42.3 Å². The van der Waals surface area contributed by atoms with Crippen molar-refractivity contribution in [2.24, 2.45) is 0 Å². The van der Waals surface area contributed by atoms with Crippen LogP contribution in [-0.4, -0.2) is 28.1 Å². The largest absolute Gasteiger partial charge is 0.508 e. The lowest BCUT2D eigenvalue weighted by molar-refractivity contribution is -0.139. The Morgan fingerprint density at radius 2 is 1.88 bits per heavy atom. The first kappa shape index (κ1) is 18.1. The number of nitrogens with one attached hydrogen (secondary N) is 1. The quantitative estimate of drug-likeness (QED) is 0.571. The summed E-state index contributed by atoms with van der Waals surface area (Å²) in [5.74, 6) is -1.12. The summed E-state index contributed by atoms with van der Waals surface area (Å²) >= 11 is 0. The van der Waals surface area contributed by atoms with Gasteiger partial charge >= 0.3 is 5.97 Å². The summed E-state index contributed by atoms with van der Waals surface area (Å²) in [6, 6.07) is 10.1. The number of rotatable bonds is 7. The SMILES string of the molecule is CC[C@H](NC(=O)c1ccc(N)c(OCc2ccc(O)cc2)c1)C(=O)O. The molecule has 7 heteroatoms. The van der Waals surface area contributed by atoms with E-state index in [1.807, 2.05) is 0 Å². The molecular weight excluding hydrogens is 324 g/mol. The molecule has 2 rings (SSSR count). The summed E-state index contributed by atoms with van der Waals surface area (Å²) in [6.45, 7) is 1.89. The minimum atomic E-state index is -1.09. The molecule has 0 aliphatic carbocycles. The zero-order valence-electron chi connectivity index (χ0n) is 13.7. The smallest absolute Gasteiger partial charge is 0.326 e. The Kier molecular flexibility index (Phi) is 5.84. The lowest BCUT2D eigenvalue weighted by Crippen LogP contribution is -2.40. The van der Waals surface area contributed by atoms with Crippen molar-refractivity contribution in [3.8, 4) is 11.5 Å². The number of carbonyl (C=O) groups is 2. The molecule has 0 saturated heterocycles. The van der Waals surface area contributed by atoms with Gasteiger partial charge in [0.25, 0.3) is 5.91 Å². The Bertz CT molecular complexity index is 759. The summed E-state index contributed by atoms with van der Waals surface area (Å²) in [4.78, 5) is 23.2. The first-order valence-corrected chi connectivity index (χ1v) is 7.74. The fourth-order valence-corrected chi connectivity index (χ4v) is 2.13. The minimum Gasteiger partial charge on any atom is -0.508 e. The Balaban J connectivity index is 2.09. The molecule has 0 unspecified atom stereocenters. The van der Waals surface area contributed by atoms with Crippen LogP contribution in [0.3, 0.4) is 0 Å². The predicted octanol–water partition coefficient (Wildman–Crippen LogP) is 2.15. The molecule has 2 aromatic carbocycles. The lowest BCUT2D eigenvalue weighted by Gasteiger charge is -2.14. The van der Waals surface area contributed by atoms with Gasteiger partial charge in [0.2, 0.25) is 0 Å². The van der Waals surface area contributed by atoms with Gasteiger partial charge in [0.05, 0.1) is 5.69 Å². The second-order valence-corrected chi connectivity index (χ2v) is 5.48. The fourth-order valence-electron chi connectivity index (χ4n) is 2.13. The molecule has 1 atom stereocenters. The van der Waals surface area contributed by atoms with Crippen LogP contribution in [0.4, 0.5) is 5.69 Å².